The van der Waals surface area contributed by atoms with Crippen LogP contribution in [0.5, 0.6) is 0 Å². The van der Waals surface area contributed by atoms with E-state index in [1.807, 2.05) is 43.9 Å². The molecule has 106 valence electrons. The molecule has 0 fully saturated rings. The third kappa shape index (κ3) is 4.06. The Morgan fingerprint density at radius 2 is 2.05 bits per heavy atom. The number of anilines is 1. The van der Waals surface area contributed by atoms with Gasteiger partial charge in [0.25, 0.3) is 0 Å². The van der Waals surface area contributed by atoms with Gasteiger partial charge in [-0.3, -0.25) is 4.79 Å². The molecule has 3 nitrogen and oxygen atoms in total. The van der Waals surface area contributed by atoms with E-state index in [1.165, 1.54) is 0 Å². The first-order valence-electron chi connectivity index (χ1n) is 7.01. The van der Waals surface area contributed by atoms with Crippen LogP contribution in [0.2, 0.25) is 0 Å². The topological polar surface area (TPSA) is 46.3 Å². The second-order valence-corrected chi connectivity index (χ2v) is 5.68. The van der Waals surface area contributed by atoms with Crippen molar-refractivity contribution in [1.29, 1.82) is 0 Å². The van der Waals surface area contributed by atoms with Crippen molar-refractivity contribution in [1.82, 2.24) is 0 Å². The van der Waals surface area contributed by atoms with Crippen LogP contribution in [0.1, 0.15) is 39.2 Å². The lowest BCUT2D eigenvalue weighted by molar-refractivity contribution is -0.126. The van der Waals surface area contributed by atoms with Crippen LogP contribution in [-0.2, 0) is 4.79 Å². The van der Waals surface area contributed by atoms with Gasteiger partial charge in [0, 0.05) is 17.6 Å². The molecule has 0 saturated heterocycles. The largest absolute Gasteiger partial charge is 0.330 e. The average Bonchev–Trinajstić information content (AvgIpc) is 2.39. The van der Waals surface area contributed by atoms with E-state index in [9.17, 15) is 4.79 Å². The van der Waals surface area contributed by atoms with Crippen LogP contribution >= 0.6 is 0 Å². The molecule has 1 amide bonds. The second-order valence-electron chi connectivity index (χ2n) is 5.68. The lowest BCUT2D eigenvalue weighted by Crippen LogP contribution is -2.42. The van der Waals surface area contributed by atoms with Gasteiger partial charge in [0.1, 0.15) is 0 Å². The molecule has 1 rings (SSSR count). The second kappa shape index (κ2) is 6.71. The van der Waals surface area contributed by atoms with E-state index in [2.05, 4.69) is 13.0 Å². The molecule has 1 aromatic rings. The van der Waals surface area contributed by atoms with Crippen molar-refractivity contribution in [2.45, 2.75) is 40.5 Å². The molecule has 0 bridgehead atoms. The highest BCUT2D eigenvalue weighted by molar-refractivity contribution is 5.97. The maximum Gasteiger partial charge on any atom is 0.232 e. The summed E-state index contributed by atoms with van der Waals surface area (Å²) in [5, 5.41) is 0. The van der Waals surface area contributed by atoms with E-state index in [4.69, 9.17) is 5.73 Å². The molecule has 0 unspecified atom stereocenters. The minimum absolute atomic E-state index is 0.175. The normalized spacial score (nSPS) is 11.4. The van der Waals surface area contributed by atoms with Crippen LogP contribution in [0.4, 0.5) is 5.69 Å². The number of nitrogens with two attached hydrogens (primary N) is 1. The number of benzene rings is 1. The van der Waals surface area contributed by atoms with E-state index in [0.717, 1.165) is 24.1 Å². The summed E-state index contributed by atoms with van der Waals surface area (Å²) >= 11 is 0. The lowest BCUT2D eigenvalue weighted by atomic mass is 9.88. The molecule has 1 aromatic carbocycles. The van der Waals surface area contributed by atoms with E-state index in [1.54, 1.807) is 0 Å². The fraction of sp³-hybridized carbons (Fsp3) is 0.562. The van der Waals surface area contributed by atoms with Gasteiger partial charge < -0.3 is 10.6 Å². The Morgan fingerprint density at radius 3 is 2.58 bits per heavy atom. The van der Waals surface area contributed by atoms with Crippen LogP contribution in [-0.4, -0.2) is 19.0 Å². The van der Waals surface area contributed by atoms with Crippen LogP contribution in [0.3, 0.4) is 0 Å². The summed E-state index contributed by atoms with van der Waals surface area (Å²) in [6, 6.07) is 8.08. The highest BCUT2D eigenvalue weighted by Crippen LogP contribution is 2.27. The van der Waals surface area contributed by atoms with E-state index in [0.29, 0.717) is 13.1 Å². The summed E-state index contributed by atoms with van der Waals surface area (Å²) in [7, 11) is 0. The van der Waals surface area contributed by atoms with Gasteiger partial charge in [0.15, 0.2) is 0 Å². The first-order valence-corrected chi connectivity index (χ1v) is 7.01. The van der Waals surface area contributed by atoms with Gasteiger partial charge in [-0.1, -0.05) is 32.9 Å². The van der Waals surface area contributed by atoms with Crippen molar-refractivity contribution in [2.75, 3.05) is 18.0 Å². The number of amides is 1. The Balaban J connectivity index is 3.04. The smallest absolute Gasteiger partial charge is 0.232 e. The zero-order valence-electron chi connectivity index (χ0n) is 12.6. The zero-order chi connectivity index (χ0) is 14.5. The Morgan fingerprint density at radius 1 is 1.37 bits per heavy atom. The maximum absolute atomic E-state index is 12.7. The molecule has 3 heteroatoms. The van der Waals surface area contributed by atoms with Gasteiger partial charge in [-0.15, -0.1) is 0 Å². The number of rotatable bonds is 6. The number of hydrogen-bond donors (Lipinski definition) is 1. The number of nitrogens with zero attached hydrogens (tertiary/aromatic N) is 1. The zero-order valence-corrected chi connectivity index (χ0v) is 12.6. The number of hydrogen-bond acceptors (Lipinski definition) is 2. The molecule has 0 atom stereocenters. The first kappa shape index (κ1) is 15.7. The van der Waals surface area contributed by atoms with Crippen LogP contribution in [0.25, 0.3) is 0 Å². The molecular weight excluding hydrogens is 236 g/mol. The molecule has 0 spiro atoms. The van der Waals surface area contributed by atoms with Crippen LogP contribution in [0.15, 0.2) is 24.3 Å². The van der Waals surface area contributed by atoms with Gasteiger partial charge in [0.2, 0.25) is 5.91 Å². The Hall–Kier alpha value is -1.35. The molecule has 0 aliphatic rings. The van der Waals surface area contributed by atoms with Gasteiger partial charge in [0.05, 0.1) is 0 Å². The summed E-state index contributed by atoms with van der Waals surface area (Å²) < 4.78 is 0. The van der Waals surface area contributed by atoms with Crippen molar-refractivity contribution < 1.29 is 4.79 Å². The Labute approximate surface area is 116 Å². The summed E-state index contributed by atoms with van der Waals surface area (Å²) in [6.07, 6.45) is 1.65. The third-order valence-electron chi connectivity index (χ3n) is 3.61. The monoisotopic (exact) mass is 262 g/mol. The number of carbonyl (C=O) groups excluding carboxylic acids is 1. The average molecular weight is 262 g/mol. The molecular formula is C16H26N2O. The first-order chi connectivity index (χ1) is 8.92. The summed E-state index contributed by atoms with van der Waals surface area (Å²) in [5.74, 6) is 0.175. The lowest BCUT2D eigenvalue weighted by Gasteiger charge is -2.31. The van der Waals surface area contributed by atoms with Crippen molar-refractivity contribution >= 4 is 11.6 Å². The predicted octanol–water partition coefficient (Wildman–Crippen LogP) is 3.11. The molecule has 0 aliphatic carbocycles. The predicted molar refractivity (Wildman–Crippen MR) is 81.3 cm³/mol. The molecule has 0 radical (unpaired) electrons. The fourth-order valence-corrected chi connectivity index (χ4v) is 1.91. The molecule has 0 aromatic heterocycles. The molecule has 0 heterocycles. The highest BCUT2D eigenvalue weighted by atomic mass is 16.2. The quantitative estimate of drug-likeness (QED) is 0.856. The standard InChI is InChI=1S/C16H26N2O/c1-5-16(3,4)15(19)18(11-7-10-17)14-9-6-8-13(2)12-14/h6,8-9,12H,5,7,10-11,17H2,1-4H3. The van der Waals surface area contributed by atoms with Crippen LogP contribution in [0, 0.1) is 12.3 Å². The summed E-state index contributed by atoms with van der Waals surface area (Å²) in [6.45, 7) is 9.38. The molecule has 2 N–H and O–H groups in total. The third-order valence-corrected chi connectivity index (χ3v) is 3.61. The van der Waals surface area contributed by atoms with E-state index >= 15 is 0 Å². The van der Waals surface area contributed by atoms with Crippen molar-refractivity contribution in [2.24, 2.45) is 11.1 Å². The molecule has 19 heavy (non-hydrogen) atoms. The fourth-order valence-electron chi connectivity index (χ4n) is 1.91. The van der Waals surface area contributed by atoms with Gasteiger partial charge in [-0.2, -0.15) is 0 Å². The molecule has 0 aliphatic heterocycles. The van der Waals surface area contributed by atoms with Crippen molar-refractivity contribution in [3.8, 4) is 0 Å². The highest BCUT2D eigenvalue weighted by Gasteiger charge is 2.30. The van der Waals surface area contributed by atoms with Crippen molar-refractivity contribution in [3.05, 3.63) is 29.8 Å². The summed E-state index contributed by atoms with van der Waals surface area (Å²) in [4.78, 5) is 14.6. The van der Waals surface area contributed by atoms with E-state index in [-0.39, 0.29) is 11.3 Å². The van der Waals surface area contributed by atoms with Crippen molar-refractivity contribution in [3.63, 3.8) is 0 Å². The van der Waals surface area contributed by atoms with Gasteiger partial charge >= 0.3 is 0 Å². The minimum Gasteiger partial charge on any atom is -0.330 e. The summed E-state index contributed by atoms with van der Waals surface area (Å²) in [5.41, 5.74) is 7.39. The number of aryl methyl sites for hydroxylation is 1. The minimum atomic E-state index is -0.335. The van der Waals surface area contributed by atoms with Gasteiger partial charge in [-0.05, 0) is 44.0 Å². The van der Waals surface area contributed by atoms with E-state index < -0.39 is 0 Å². The van der Waals surface area contributed by atoms with Gasteiger partial charge in [-0.25, -0.2) is 0 Å². The molecule has 0 saturated carbocycles. The Kier molecular flexibility index (Phi) is 5.55. The maximum atomic E-state index is 12.7. The number of carbonyl (C=O) groups is 1. The van der Waals surface area contributed by atoms with Crippen LogP contribution < -0.4 is 10.6 Å². The SMILES string of the molecule is CCC(C)(C)C(=O)N(CCCN)c1cccc(C)c1. The Bertz CT molecular complexity index is 427.